The average Bonchev–Trinajstić information content (AvgIpc) is 2.77. The lowest BCUT2D eigenvalue weighted by Gasteiger charge is -2.20. The van der Waals surface area contributed by atoms with E-state index in [1.165, 1.54) is 16.9 Å². The van der Waals surface area contributed by atoms with Crippen molar-refractivity contribution < 1.29 is 4.79 Å². The standard InChI is InChI=1S/C18H24N4OS/c1-10-6-7-12-14(9-10)24-18-15(12)16(20-11(2)21-18)22-13-5-3-4-8-19-17(13)23/h10,13H,3-9H2,1-2H3,(H,19,23)(H,20,21,22). The molecule has 128 valence electrons. The summed E-state index contributed by atoms with van der Waals surface area (Å²) in [4.78, 5) is 24.1. The minimum atomic E-state index is -0.192. The highest BCUT2D eigenvalue weighted by atomic mass is 32.1. The zero-order valence-electron chi connectivity index (χ0n) is 14.3. The molecule has 6 heteroatoms. The Balaban J connectivity index is 1.75. The molecule has 2 aliphatic rings. The van der Waals surface area contributed by atoms with Crippen LogP contribution >= 0.6 is 11.3 Å². The third kappa shape index (κ3) is 2.88. The molecule has 1 aliphatic carbocycles. The van der Waals surface area contributed by atoms with Gasteiger partial charge in [-0.3, -0.25) is 4.79 Å². The van der Waals surface area contributed by atoms with E-state index in [9.17, 15) is 4.79 Å². The number of aryl methyl sites for hydroxylation is 2. The number of hydrogen-bond acceptors (Lipinski definition) is 5. The minimum Gasteiger partial charge on any atom is -0.358 e. The van der Waals surface area contributed by atoms with Crippen LogP contribution in [0.15, 0.2) is 0 Å². The number of fused-ring (bicyclic) bond motifs is 3. The lowest BCUT2D eigenvalue weighted by atomic mass is 9.89. The third-order valence-electron chi connectivity index (χ3n) is 5.11. The molecule has 5 nitrogen and oxygen atoms in total. The minimum absolute atomic E-state index is 0.0923. The molecule has 0 saturated carbocycles. The van der Waals surface area contributed by atoms with E-state index in [1.54, 1.807) is 0 Å². The summed E-state index contributed by atoms with van der Waals surface area (Å²) in [5.74, 6) is 2.45. The van der Waals surface area contributed by atoms with Gasteiger partial charge in [-0.05, 0) is 56.9 Å². The fraction of sp³-hybridized carbons (Fsp3) is 0.611. The van der Waals surface area contributed by atoms with Crippen LogP contribution in [0.25, 0.3) is 10.2 Å². The van der Waals surface area contributed by atoms with E-state index in [1.807, 2.05) is 18.3 Å². The molecular formula is C18H24N4OS. The van der Waals surface area contributed by atoms with Crippen molar-refractivity contribution in [2.75, 3.05) is 11.9 Å². The van der Waals surface area contributed by atoms with Crippen molar-refractivity contribution >= 4 is 33.3 Å². The predicted molar refractivity (Wildman–Crippen MR) is 97.6 cm³/mol. The molecule has 0 spiro atoms. The van der Waals surface area contributed by atoms with E-state index in [0.717, 1.165) is 66.4 Å². The van der Waals surface area contributed by atoms with Gasteiger partial charge in [-0.1, -0.05) is 6.92 Å². The Kier molecular flexibility index (Phi) is 4.16. The Morgan fingerprint density at radius 3 is 3.00 bits per heavy atom. The van der Waals surface area contributed by atoms with Gasteiger partial charge < -0.3 is 10.6 Å². The molecule has 2 atom stereocenters. The largest absolute Gasteiger partial charge is 0.358 e. The Morgan fingerprint density at radius 1 is 1.25 bits per heavy atom. The lowest BCUT2D eigenvalue weighted by Crippen LogP contribution is -2.38. The second-order valence-electron chi connectivity index (χ2n) is 7.14. The third-order valence-corrected chi connectivity index (χ3v) is 6.26. The molecule has 1 fully saturated rings. The van der Waals surface area contributed by atoms with Crippen LogP contribution in [0.5, 0.6) is 0 Å². The quantitative estimate of drug-likeness (QED) is 0.878. The topological polar surface area (TPSA) is 66.9 Å². The van der Waals surface area contributed by atoms with Crippen molar-refractivity contribution in [2.24, 2.45) is 5.92 Å². The van der Waals surface area contributed by atoms with Gasteiger partial charge in [0.15, 0.2) is 0 Å². The Bertz CT molecular complexity index is 785. The number of carbonyl (C=O) groups is 1. The Morgan fingerprint density at radius 2 is 2.12 bits per heavy atom. The fourth-order valence-corrected chi connectivity index (χ4v) is 5.22. The summed E-state index contributed by atoms with van der Waals surface area (Å²) < 4.78 is 0. The maximum Gasteiger partial charge on any atom is 0.242 e. The summed E-state index contributed by atoms with van der Waals surface area (Å²) in [6.07, 6.45) is 6.42. The maximum atomic E-state index is 12.3. The first kappa shape index (κ1) is 15.8. The van der Waals surface area contributed by atoms with Crippen molar-refractivity contribution in [3.8, 4) is 0 Å². The van der Waals surface area contributed by atoms with Crippen molar-refractivity contribution in [2.45, 2.75) is 58.4 Å². The number of aromatic nitrogens is 2. The second-order valence-corrected chi connectivity index (χ2v) is 8.22. The first-order valence-corrected chi connectivity index (χ1v) is 9.76. The zero-order valence-corrected chi connectivity index (χ0v) is 15.1. The van der Waals surface area contributed by atoms with Gasteiger partial charge in [0.25, 0.3) is 0 Å². The molecule has 2 N–H and O–H groups in total. The van der Waals surface area contributed by atoms with Gasteiger partial charge in [-0.15, -0.1) is 11.3 Å². The normalized spacial score (nSPS) is 24.3. The summed E-state index contributed by atoms with van der Waals surface area (Å²) in [5.41, 5.74) is 1.41. The Labute approximate surface area is 146 Å². The van der Waals surface area contributed by atoms with Gasteiger partial charge in [-0.25, -0.2) is 9.97 Å². The summed E-state index contributed by atoms with van der Waals surface area (Å²) in [6.45, 7) is 5.03. The SMILES string of the molecule is Cc1nc(NC2CCCCNC2=O)c2c3c(sc2n1)CC(C)CC3. The van der Waals surface area contributed by atoms with Gasteiger partial charge in [0.1, 0.15) is 22.5 Å². The summed E-state index contributed by atoms with van der Waals surface area (Å²) in [5, 5.41) is 7.60. The van der Waals surface area contributed by atoms with Crippen LogP contribution in [0.2, 0.25) is 0 Å². The molecule has 0 radical (unpaired) electrons. The van der Waals surface area contributed by atoms with Gasteiger partial charge in [0.05, 0.1) is 5.39 Å². The van der Waals surface area contributed by atoms with Gasteiger partial charge in [0.2, 0.25) is 5.91 Å². The molecule has 0 aromatic carbocycles. The number of carbonyl (C=O) groups excluding carboxylic acids is 1. The first-order chi connectivity index (χ1) is 11.6. The number of nitrogens with zero attached hydrogens (tertiary/aromatic N) is 2. The molecule has 3 heterocycles. The maximum absolute atomic E-state index is 12.3. The summed E-state index contributed by atoms with van der Waals surface area (Å²) in [7, 11) is 0. The van der Waals surface area contributed by atoms with Crippen molar-refractivity contribution in [1.82, 2.24) is 15.3 Å². The molecule has 2 aromatic rings. The summed E-state index contributed by atoms with van der Waals surface area (Å²) in [6, 6.07) is -0.192. The van der Waals surface area contributed by atoms with Crippen LogP contribution in [0.4, 0.5) is 5.82 Å². The predicted octanol–water partition coefficient (Wildman–Crippen LogP) is 3.21. The van der Waals surface area contributed by atoms with Gasteiger partial charge in [-0.2, -0.15) is 0 Å². The molecule has 0 bridgehead atoms. The molecular weight excluding hydrogens is 320 g/mol. The van der Waals surface area contributed by atoms with Crippen LogP contribution < -0.4 is 10.6 Å². The molecule has 2 unspecified atom stereocenters. The fourth-order valence-electron chi connectivity index (χ4n) is 3.80. The number of rotatable bonds is 2. The van der Waals surface area contributed by atoms with E-state index < -0.39 is 0 Å². The van der Waals surface area contributed by atoms with E-state index in [4.69, 9.17) is 0 Å². The molecule has 1 aliphatic heterocycles. The van der Waals surface area contributed by atoms with E-state index in [-0.39, 0.29) is 11.9 Å². The van der Waals surface area contributed by atoms with Crippen LogP contribution in [0, 0.1) is 12.8 Å². The van der Waals surface area contributed by atoms with Gasteiger partial charge >= 0.3 is 0 Å². The Hall–Kier alpha value is -1.69. The highest BCUT2D eigenvalue weighted by molar-refractivity contribution is 7.19. The highest BCUT2D eigenvalue weighted by Crippen LogP contribution is 2.40. The first-order valence-electron chi connectivity index (χ1n) is 8.95. The van der Waals surface area contributed by atoms with Crippen LogP contribution in [-0.4, -0.2) is 28.5 Å². The summed E-state index contributed by atoms with van der Waals surface area (Å²) >= 11 is 1.81. The molecule has 4 rings (SSSR count). The number of amides is 1. The van der Waals surface area contributed by atoms with E-state index in [2.05, 4.69) is 27.5 Å². The van der Waals surface area contributed by atoms with Crippen LogP contribution in [-0.2, 0) is 17.6 Å². The number of anilines is 1. The lowest BCUT2D eigenvalue weighted by molar-refractivity contribution is -0.121. The number of thiophene rings is 1. The van der Waals surface area contributed by atoms with Crippen molar-refractivity contribution in [3.05, 3.63) is 16.3 Å². The van der Waals surface area contributed by atoms with Crippen LogP contribution in [0.3, 0.4) is 0 Å². The second kappa shape index (κ2) is 6.31. The number of hydrogen-bond donors (Lipinski definition) is 2. The molecule has 2 aromatic heterocycles. The molecule has 24 heavy (non-hydrogen) atoms. The highest BCUT2D eigenvalue weighted by Gasteiger charge is 2.26. The van der Waals surface area contributed by atoms with Crippen molar-refractivity contribution in [3.63, 3.8) is 0 Å². The zero-order chi connectivity index (χ0) is 16.7. The van der Waals surface area contributed by atoms with Crippen molar-refractivity contribution in [1.29, 1.82) is 0 Å². The number of nitrogens with one attached hydrogen (secondary N) is 2. The molecule has 1 saturated heterocycles. The smallest absolute Gasteiger partial charge is 0.242 e. The van der Waals surface area contributed by atoms with E-state index >= 15 is 0 Å². The van der Waals surface area contributed by atoms with E-state index in [0.29, 0.717) is 0 Å². The van der Waals surface area contributed by atoms with Gasteiger partial charge in [0, 0.05) is 11.4 Å². The molecule has 1 amide bonds. The average molecular weight is 344 g/mol. The monoisotopic (exact) mass is 344 g/mol. The van der Waals surface area contributed by atoms with Crippen LogP contribution in [0.1, 0.15) is 48.9 Å².